The largest absolute Gasteiger partial charge is 0.503 e. The van der Waals surface area contributed by atoms with Gasteiger partial charge in [0.2, 0.25) is 5.35 Å². The topological polar surface area (TPSA) is 45.8 Å². The SMILES string of the molecule is O=c1cccc2/c(=C(\O)c3ccsc3)[n+]3ccccc3n12. The van der Waals surface area contributed by atoms with E-state index in [0.29, 0.717) is 10.9 Å². The monoisotopic (exact) mass is 295 g/mol. The van der Waals surface area contributed by atoms with Gasteiger partial charge in [-0.1, -0.05) is 12.1 Å². The molecule has 0 amide bonds. The van der Waals surface area contributed by atoms with Crippen molar-refractivity contribution in [3.8, 4) is 0 Å². The molecule has 4 aromatic rings. The van der Waals surface area contributed by atoms with Gasteiger partial charge >= 0.3 is 5.56 Å². The van der Waals surface area contributed by atoms with Gasteiger partial charge in [-0.15, -0.1) is 0 Å². The Hall–Kier alpha value is -2.66. The molecule has 0 saturated heterocycles. The summed E-state index contributed by atoms with van der Waals surface area (Å²) in [7, 11) is 0. The maximum atomic E-state index is 12.2. The van der Waals surface area contributed by atoms with Crippen LogP contribution in [0.3, 0.4) is 0 Å². The van der Waals surface area contributed by atoms with E-state index in [1.165, 1.54) is 17.4 Å². The molecule has 4 nitrogen and oxygen atoms in total. The fourth-order valence-corrected chi connectivity index (χ4v) is 3.25. The van der Waals surface area contributed by atoms with Crippen molar-refractivity contribution in [1.29, 1.82) is 0 Å². The highest BCUT2D eigenvalue weighted by Crippen LogP contribution is 2.13. The van der Waals surface area contributed by atoms with E-state index in [9.17, 15) is 9.90 Å². The molecule has 0 saturated carbocycles. The average Bonchev–Trinajstić information content (AvgIpc) is 3.13. The highest BCUT2D eigenvalue weighted by Gasteiger charge is 2.20. The van der Waals surface area contributed by atoms with E-state index in [-0.39, 0.29) is 11.3 Å². The molecule has 0 aromatic carbocycles. The summed E-state index contributed by atoms with van der Waals surface area (Å²) in [5.74, 6) is 0.172. The van der Waals surface area contributed by atoms with Gasteiger partial charge in [0, 0.05) is 23.1 Å². The van der Waals surface area contributed by atoms with Crippen molar-refractivity contribution in [3.63, 3.8) is 0 Å². The summed E-state index contributed by atoms with van der Waals surface area (Å²) in [5.41, 5.74) is 2.06. The summed E-state index contributed by atoms with van der Waals surface area (Å²) < 4.78 is 3.45. The van der Waals surface area contributed by atoms with Crippen LogP contribution in [0.25, 0.3) is 16.9 Å². The minimum atomic E-state index is -0.111. The summed E-state index contributed by atoms with van der Waals surface area (Å²) in [5, 5.41) is 15.1. The van der Waals surface area contributed by atoms with Gasteiger partial charge in [-0.2, -0.15) is 20.1 Å². The van der Waals surface area contributed by atoms with Crippen molar-refractivity contribution < 1.29 is 9.51 Å². The third-order valence-electron chi connectivity index (χ3n) is 3.52. The van der Waals surface area contributed by atoms with E-state index >= 15 is 0 Å². The van der Waals surface area contributed by atoms with Crippen LogP contribution < -0.4 is 15.3 Å². The summed E-state index contributed by atoms with van der Waals surface area (Å²) in [6, 6.07) is 12.5. The number of aliphatic hydroxyl groups excluding tert-OH is 1. The van der Waals surface area contributed by atoms with Crippen molar-refractivity contribution in [1.82, 2.24) is 4.40 Å². The van der Waals surface area contributed by atoms with E-state index in [1.54, 1.807) is 10.5 Å². The lowest BCUT2D eigenvalue weighted by atomic mass is 10.2. The van der Waals surface area contributed by atoms with Gasteiger partial charge in [0.25, 0.3) is 5.65 Å². The zero-order valence-electron chi connectivity index (χ0n) is 10.9. The van der Waals surface area contributed by atoms with E-state index in [2.05, 4.69) is 0 Å². The van der Waals surface area contributed by atoms with Crippen molar-refractivity contribution >= 4 is 28.3 Å². The van der Waals surface area contributed by atoms with E-state index in [4.69, 9.17) is 0 Å². The normalized spacial score (nSPS) is 13.0. The molecule has 0 unspecified atom stereocenters. The first-order valence-corrected chi connectivity index (χ1v) is 7.41. The lowest BCUT2D eigenvalue weighted by molar-refractivity contribution is -0.525. The van der Waals surface area contributed by atoms with Crippen LogP contribution >= 0.6 is 11.3 Å². The standard InChI is InChI=1S/C16H10N2O2S/c19-14-6-3-4-12-15(16(20)11-7-9-21-10-11)17-8-2-1-5-13(17)18(12)14/h1-10H/p+1. The number of aromatic nitrogens is 2. The molecule has 0 bridgehead atoms. The van der Waals surface area contributed by atoms with Crippen LogP contribution in [0.2, 0.25) is 0 Å². The fraction of sp³-hybridized carbons (Fsp3) is 0. The zero-order valence-corrected chi connectivity index (χ0v) is 11.7. The molecule has 0 radical (unpaired) electrons. The molecule has 4 heterocycles. The number of hydrogen-bond donors (Lipinski definition) is 1. The van der Waals surface area contributed by atoms with Crippen LogP contribution in [0.4, 0.5) is 0 Å². The quantitative estimate of drug-likeness (QED) is 0.541. The highest BCUT2D eigenvalue weighted by molar-refractivity contribution is 7.08. The van der Waals surface area contributed by atoms with Crippen LogP contribution in [-0.4, -0.2) is 9.51 Å². The number of thiophene rings is 1. The molecule has 102 valence electrons. The second-order valence-corrected chi connectivity index (χ2v) is 5.50. The summed E-state index contributed by atoms with van der Waals surface area (Å²) in [6.45, 7) is 0. The predicted octanol–water partition coefficient (Wildman–Crippen LogP) is 1.53. The third-order valence-corrected chi connectivity index (χ3v) is 4.21. The highest BCUT2D eigenvalue weighted by atomic mass is 32.1. The molecule has 4 rings (SSSR count). The number of nitrogens with zero attached hydrogens (tertiary/aromatic N) is 2. The van der Waals surface area contributed by atoms with Crippen molar-refractivity contribution in [3.05, 3.63) is 80.7 Å². The number of aliphatic hydroxyl groups is 1. The van der Waals surface area contributed by atoms with Gasteiger partial charge in [0.05, 0.1) is 6.20 Å². The summed E-state index contributed by atoms with van der Waals surface area (Å²) >= 11 is 1.52. The number of imidazole rings is 1. The molecule has 4 aromatic heterocycles. The first kappa shape index (κ1) is 12.1. The lowest BCUT2D eigenvalue weighted by Gasteiger charge is -1.92. The first-order chi connectivity index (χ1) is 10.3. The second kappa shape index (κ2) is 4.43. The molecule has 21 heavy (non-hydrogen) atoms. The Balaban J connectivity index is 2.36. The molecule has 5 heteroatoms. The van der Waals surface area contributed by atoms with Crippen LogP contribution in [0.15, 0.2) is 64.2 Å². The van der Waals surface area contributed by atoms with Crippen LogP contribution in [-0.2, 0) is 0 Å². The summed E-state index contributed by atoms with van der Waals surface area (Å²) in [6.07, 6.45) is 1.85. The molecular weight excluding hydrogens is 284 g/mol. The van der Waals surface area contributed by atoms with Crippen molar-refractivity contribution in [2.45, 2.75) is 0 Å². The molecule has 0 fully saturated rings. The Bertz CT molecular complexity index is 1060. The number of hydrogen-bond acceptors (Lipinski definition) is 3. The minimum Gasteiger partial charge on any atom is -0.503 e. The van der Waals surface area contributed by atoms with Gasteiger partial charge in [0.1, 0.15) is 0 Å². The minimum absolute atomic E-state index is 0.111. The molecule has 0 atom stereocenters. The van der Waals surface area contributed by atoms with Gasteiger partial charge in [-0.25, -0.2) is 4.79 Å². The number of fused-ring (bicyclic) bond motifs is 3. The molecule has 1 N–H and O–H groups in total. The van der Waals surface area contributed by atoms with Gasteiger partial charge < -0.3 is 5.11 Å². The van der Waals surface area contributed by atoms with Crippen LogP contribution in [0, 0.1) is 0 Å². The Morgan fingerprint density at radius 2 is 2.05 bits per heavy atom. The maximum Gasteiger partial charge on any atom is 0.339 e. The Kier molecular flexibility index (Phi) is 2.55. The predicted molar refractivity (Wildman–Crippen MR) is 81.5 cm³/mol. The van der Waals surface area contributed by atoms with Gasteiger partial charge in [0.15, 0.2) is 11.3 Å². The second-order valence-electron chi connectivity index (χ2n) is 4.72. The number of rotatable bonds is 1. The maximum absolute atomic E-state index is 12.2. The molecule has 0 spiro atoms. The summed E-state index contributed by atoms with van der Waals surface area (Å²) in [4.78, 5) is 12.2. The Morgan fingerprint density at radius 1 is 1.14 bits per heavy atom. The molecule has 0 aliphatic heterocycles. The van der Waals surface area contributed by atoms with E-state index < -0.39 is 0 Å². The van der Waals surface area contributed by atoms with Crippen molar-refractivity contribution in [2.24, 2.45) is 0 Å². The molecule has 0 aliphatic carbocycles. The van der Waals surface area contributed by atoms with Gasteiger partial charge in [-0.05, 0) is 23.6 Å². The van der Waals surface area contributed by atoms with Crippen LogP contribution in [0.1, 0.15) is 5.56 Å². The Labute approximate surface area is 123 Å². The van der Waals surface area contributed by atoms with Crippen molar-refractivity contribution in [2.75, 3.05) is 0 Å². The number of pyridine rings is 2. The average molecular weight is 295 g/mol. The van der Waals surface area contributed by atoms with Crippen LogP contribution in [0.5, 0.6) is 0 Å². The van der Waals surface area contributed by atoms with Gasteiger partial charge in [-0.3, -0.25) is 0 Å². The lowest BCUT2D eigenvalue weighted by Crippen LogP contribution is -2.38. The molecule has 0 aliphatic rings. The van der Waals surface area contributed by atoms with E-state index in [0.717, 1.165) is 11.2 Å². The molecular formula is C16H11N2O2S+. The Morgan fingerprint density at radius 3 is 2.86 bits per heavy atom. The zero-order chi connectivity index (χ0) is 14.4. The fourth-order valence-electron chi connectivity index (χ4n) is 2.61. The van der Waals surface area contributed by atoms with E-state index in [1.807, 2.05) is 51.7 Å². The first-order valence-electron chi connectivity index (χ1n) is 6.47. The third kappa shape index (κ3) is 1.68. The smallest absolute Gasteiger partial charge is 0.339 e.